The van der Waals surface area contributed by atoms with Gasteiger partial charge in [0.05, 0.1) is 6.61 Å². The average molecular weight is 440 g/mol. The van der Waals surface area contributed by atoms with E-state index in [2.05, 4.69) is 10.2 Å². The first-order valence-corrected chi connectivity index (χ1v) is 11.1. The molecule has 0 saturated carbocycles. The highest BCUT2D eigenvalue weighted by Crippen LogP contribution is 2.20. The number of ether oxygens (including phenoxy) is 2. The van der Waals surface area contributed by atoms with E-state index < -0.39 is 6.04 Å². The maximum atomic E-state index is 13.2. The van der Waals surface area contributed by atoms with Gasteiger partial charge in [-0.05, 0) is 49.1 Å². The summed E-state index contributed by atoms with van der Waals surface area (Å²) in [4.78, 5) is 29.6. The molecule has 1 N–H and O–H groups in total. The lowest BCUT2D eigenvalue weighted by atomic mass is 10.1. The molecule has 2 aromatic rings. The van der Waals surface area contributed by atoms with Crippen molar-refractivity contribution in [3.8, 4) is 5.75 Å². The second-order valence-electron chi connectivity index (χ2n) is 8.01. The fraction of sp³-hybridized carbons (Fsp3) is 0.440. The van der Waals surface area contributed by atoms with E-state index in [4.69, 9.17) is 9.47 Å². The van der Waals surface area contributed by atoms with E-state index in [9.17, 15) is 9.59 Å². The van der Waals surface area contributed by atoms with Gasteiger partial charge in [0, 0.05) is 39.5 Å². The number of carbonyl (C=O) groups excluding carboxylic acids is 2. The van der Waals surface area contributed by atoms with Crippen molar-refractivity contribution < 1.29 is 19.1 Å². The molecule has 0 bridgehead atoms. The van der Waals surface area contributed by atoms with Gasteiger partial charge in [-0.2, -0.15) is 0 Å². The van der Waals surface area contributed by atoms with Gasteiger partial charge in [-0.25, -0.2) is 0 Å². The van der Waals surface area contributed by atoms with Crippen molar-refractivity contribution >= 4 is 17.5 Å². The Morgan fingerprint density at radius 3 is 2.56 bits per heavy atom. The first kappa shape index (κ1) is 23.6. The molecule has 32 heavy (non-hydrogen) atoms. The van der Waals surface area contributed by atoms with Crippen LogP contribution in [0, 0.1) is 0 Å². The van der Waals surface area contributed by atoms with Crippen LogP contribution in [0.15, 0.2) is 54.6 Å². The molecule has 1 fully saturated rings. The number of nitrogens with zero attached hydrogens (tertiary/aromatic N) is 2. The molecule has 0 spiro atoms. The number of likely N-dealkylation sites (N-methyl/N-ethyl adjacent to an activating group) is 1. The Bertz CT molecular complexity index is 857. The Balaban J connectivity index is 1.72. The van der Waals surface area contributed by atoms with Crippen molar-refractivity contribution in [2.24, 2.45) is 0 Å². The molecule has 0 radical (unpaired) electrons. The zero-order valence-corrected chi connectivity index (χ0v) is 19.0. The van der Waals surface area contributed by atoms with E-state index in [0.717, 1.165) is 30.6 Å². The minimum Gasteiger partial charge on any atom is -0.484 e. The smallest absolute Gasteiger partial charge is 0.261 e. The summed E-state index contributed by atoms with van der Waals surface area (Å²) in [5.74, 6) is 0.346. The monoisotopic (exact) mass is 439 g/mol. The number of hydrogen-bond donors (Lipinski definition) is 1. The summed E-state index contributed by atoms with van der Waals surface area (Å²) < 4.78 is 10.8. The van der Waals surface area contributed by atoms with Crippen LogP contribution in [-0.2, 0) is 20.9 Å². The highest BCUT2D eigenvalue weighted by atomic mass is 16.5. The van der Waals surface area contributed by atoms with Crippen LogP contribution in [0.3, 0.4) is 0 Å². The van der Waals surface area contributed by atoms with Gasteiger partial charge in [0.2, 0.25) is 5.91 Å². The lowest BCUT2D eigenvalue weighted by Crippen LogP contribution is -2.49. The fourth-order valence-electron chi connectivity index (χ4n) is 3.75. The Morgan fingerprint density at radius 2 is 1.84 bits per heavy atom. The number of benzene rings is 2. The number of hydrogen-bond acceptors (Lipinski definition) is 5. The quantitative estimate of drug-likeness (QED) is 0.616. The van der Waals surface area contributed by atoms with Gasteiger partial charge in [0.15, 0.2) is 6.61 Å². The first-order valence-electron chi connectivity index (χ1n) is 11.1. The van der Waals surface area contributed by atoms with Crippen LogP contribution in [0.5, 0.6) is 5.75 Å². The second-order valence-corrected chi connectivity index (χ2v) is 8.01. The number of nitrogens with one attached hydrogen (secondary N) is 1. The SMILES string of the molecule is COCCN(C)c1ccc(CN(C(=O)COc2ccccc2)[C@H]2CCCCNC2=O)cc1. The molecule has 7 nitrogen and oxygen atoms in total. The highest BCUT2D eigenvalue weighted by molar-refractivity contribution is 5.88. The van der Waals surface area contributed by atoms with Crippen molar-refractivity contribution in [1.29, 1.82) is 0 Å². The molecule has 0 unspecified atom stereocenters. The second kappa shape index (κ2) is 12.1. The van der Waals surface area contributed by atoms with E-state index in [1.54, 1.807) is 12.0 Å². The fourth-order valence-corrected chi connectivity index (χ4v) is 3.75. The maximum Gasteiger partial charge on any atom is 0.261 e. The third-order valence-corrected chi connectivity index (χ3v) is 5.67. The number of methoxy groups -OCH3 is 1. The van der Waals surface area contributed by atoms with E-state index in [1.165, 1.54) is 0 Å². The van der Waals surface area contributed by atoms with E-state index in [0.29, 0.717) is 31.9 Å². The summed E-state index contributed by atoms with van der Waals surface area (Å²) in [6, 6.07) is 16.8. The number of rotatable bonds is 10. The largest absolute Gasteiger partial charge is 0.484 e. The molecule has 1 atom stereocenters. The minimum atomic E-state index is -0.492. The minimum absolute atomic E-state index is 0.0912. The van der Waals surface area contributed by atoms with E-state index >= 15 is 0 Å². The van der Waals surface area contributed by atoms with Gasteiger partial charge >= 0.3 is 0 Å². The van der Waals surface area contributed by atoms with Crippen LogP contribution >= 0.6 is 0 Å². The van der Waals surface area contributed by atoms with Crippen molar-refractivity contribution in [3.05, 3.63) is 60.2 Å². The Kier molecular flexibility index (Phi) is 8.92. The van der Waals surface area contributed by atoms with Crippen LogP contribution in [0.2, 0.25) is 0 Å². The topological polar surface area (TPSA) is 71.1 Å². The number of carbonyl (C=O) groups is 2. The zero-order chi connectivity index (χ0) is 22.8. The summed E-state index contributed by atoms with van der Waals surface area (Å²) in [7, 11) is 3.70. The van der Waals surface area contributed by atoms with Gasteiger partial charge < -0.3 is 24.6 Å². The third kappa shape index (κ3) is 6.72. The van der Waals surface area contributed by atoms with E-state index in [1.807, 2.05) is 61.6 Å². The molecule has 2 aromatic carbocycles. The van der Waals surface area contributed by atoms with Gasteiger partial charge in [-0.15, -0.1) is 0 Å². The van der Waals surface area contributed by atoms with Gasteiger partial charge in [-0.1, -0.05) is 30.3 Å². The Labute approximate surface area is 190 Å². The predicted octanol–water partition coefficient (Wildman–Crippen LogP) is 2.85. The first-order chi connectivity index (χ1) is 15.6. The van der Waals surface area contributed by atoms with Crippen molar-refractivity contribution in [1.82, 2.24) is 10.2 Å². The molecule has 3 rings (SSSR count). The van der Waals surface area contributed by atoms with Crippen LogP contribution < -0.4 is 15.0 Å². The molecule has 172 valence electrons. The molecule has 1 heterocycles. The molecular formula is C25H33N3O4. The summed E-state index contributed by atoms with van der Waals surface area (Å²) >= 11 is 0. The lowest BCUT2D eigenvalue weighted by molar-refractivity contribution is -0.142. The molecule has 2 amide bonds. The van der Waals surface area contributed by atoms with Crippen molar-refractivity contribution in [3.63, 3.8) is 0 Å². The zero-order valence-electron chi connectivity index (χ0n) is 19.0. The van der Waals surface area contributed by atoms with Gasteiger partial charge in [0.1, 0.15) is 11.8 Å². The normalized spacial score (nSPS) is 16.1. The maximum absolute atomic E-state index is 13.2. The highest BCUT2D eigenvalue weighted by Gasteiger charge is 2.31. The Hall–Kier alpha value is -3.06. The van der Waals surface area contributed by atoms with Crippen LogP contribution in [-0.4, -0.2) is 63.2 Å². The average Bonchev–Trinajstić information content (AvgIpc) is 3.04. The van der Waals surface area contributed by atoms with Crippen LogP contribution in [0.4, 0.5) is 5.69 Å². The summed E-state index contributed by atoms with van der Waals surface area (Å²) in [5.41, 5.74) is 2.04. The van der Waals surface area contributed by atoms with Crippen LogP contribution in [0.1, 0.15) is 24.8 Å². The number of anilines is 1. The molecule has 7 heteroatoms. The Morgan fingerprint density at radius 1 is 1.09 bits per heavy atom. The predicted molar refractivity (Wildman–Crippen MR) is 125 cm³/mol. The van der Waals surface area contributed by atoms with E-state index in [-0.39, 0.29) is 18.4 Å². The number of para-hydroxylation sites is 1. The molecule has 1 aliphatic rings. The number of amides is 2. The van der Waals surface area contributed by atoms with Crippen molar-refractivity contribution in [2.45, 2.75) is 31.8 Å². The standard InChI is InChI=1S/C25H33N3O4/c1-27(16-17-31-2)21-13-11-20(12-14-21)18-28(23-10-6-7-15-26-25(23)30)24(29)19-32-22-8-4-3-5-9-22/h3-5,8-9,11-14,23H,6-7,10,15-19H2,1-2H3,(H,26,30)/t23-/m0/s1. The third-order valence-electron chi connectivity index (χ3n) is 5.67. The molecule has 1 aliphatic heterocycles. The van der Waals surface area contributed by atoms with Crippen LogP contribution in [0.25, 0.3) is 0 Å². The summed E-state index contributed by atoms with van der Waals surface area (Å²) in [6.07, 6.45) is 2.48. The summed E-state index contributed by atoms with van der Waals surface area (Å²) in [5, 5.41) is 2.94. The van der Waals surface area contributed by atoms with Crippen molar-refractivity contribution in [2.75, 3.05) is 45.4 Å². The van der Waals surface area contributed by atoms with Gasteiger partial charge in [-0.3, -0.25) is 9.59 Å². The lowest BCUT2D eigenvalue weighted by Gasteiger charge is -2.30. The molecular weight excluding hydrogens is 406 g/mol. The molecule has 1 saturated heterocycles. The van der Waals surface area contributed by atoms with Gasteiger partial charge in [0.25, 0.3) is 5.91 Å². The summed E-state index contributed by atoms with van der Waals surface area (Å²) in [6.45, 7) is 2.35. The molecule has 0 aliphatic carbocycles. The molecule has 0 aromatic heterocycles.